The Morgan fingerprint density at radius 1 is 1.19 bits per heavy atom. The van der Waals surface area contributed by atoms with Gasteiger partial charge in [0.1, 0.15) is 0 Å². The van der Waals surface area contributed by atoms with Crippen molar-refractivity contribution in [3.8, 4) is 0 Å². The first kappa shape index (κ1) is 14.5. The highest BCUT2D eigenvalue weighted by molar-refractivity contribution is 5.79. The Hall–Kier alpha value is -1.39. The molecule has 2 aliphatic heterocycles. The van der Waals surface area contributed by atoms with Crippen molar-refractivity contribution in [3.05, 3.63) is 35.9 Å². The van der Waals surface area contributed by atoms with Crippen molar-refractivity contribution in [1.29, 1.82) is 0 Å². The molecule has 0 saturated carbocycles. The van der Waals surface area contributed by atoms with Gasteiger partial charge in [-0.05, 0) is 31.4 Å². The maximum atomic E-state index is 12.1. The second-order valence-electron chi connectivity index (χ2n) is 6.23. The summed E-state index contributed by atoms with van der Waals surface area (Å²) in [6.45, 7) is 4.99. The summed E-state index contributed by atoms with van der Waals surface area (Å²) < 4.78 is 0. The van der Waals surface area contributed by atoms with Crippen LogP contribution in [-0.4, -0.2) is 43.0 Å². The van der Waals surface area contributed by atoms with E-state index in [1.807, 2.05) is 0 Å². The van der Waals surface area contributed by atoms with E-state index in [2.05, 4.69) is 45.9 Å². The van der Waals surface area contributed by atoms with Gasteiger partial charge in [-0.1, -0.05) is 30.3 Å². The Labute approximate surface area is 126 Å². The molecule has 0 bridgehead atoms. The van der Waals surface area contributed by atoms with Gasteiger partial charge in [0.05, 0.1) is 5.92 Å². The highest BCUT2D eigenvalue weighted by atomic mass is 16.2. The van der Waals surface area contributed by atoms with Crippen LogP contribution in [0.1, 0.15) is 24.8 Å². The molecule has 2 fully saturated rings. The molecule has 114 valence electrons. The summed E-state index contributed by atoms with van der Waals surface area (Å²) in [5.41, 5.74) is 1.37. The Balaban J connectivity index is 1.41. The fraction of sp³-hybridized carbons (Fsp3) is 0.588. The third-order valence-corrected chi connectivity index (χ3v) is 4.61. The molecule has 2 saturated heterocycles. The van der Waals surface area contributed by atoms with Gasteiger partial charge in [0, 0.05) is 32.2 Å². The first-order valence-electron chi connectivity index (χ1n) is 8.08. The molecule has 2 N–H and O–H groups in total. The molecule has 1 atom stereocenters. The van der Waals surface area contributed by atoms with Gasteiger partial charge in [0.2, 0.25) is 5.91 Å². The number of hydrogen-bond acceptors (Lipinski definition) is 3. The van der Waals surface area contributed by atoms with Gasteiger partial charge < -0.3 is 10.6 Å². The highest BCUT2D eigenvalue weighted by Crippen LogP contribution is 2.15. The minimum Gasteiger partial charge on any atom is -0.353 e. The Kier molecular flexibility index (Phi) is 4.88. The summed E-state index contributed by atoms with van der Waals surface area (Å²) in [6.07, 6.45) is 3.12. The number of hydrogen-bond donors (Lipinski definition) is 2. The van der Waals surface area contributed by atoms with Gasteiger partial charge in [-0.3, -0.25) is 9.69 Å². The van der Waals surface area contributed by atoms with Crippen LogP contribution in [0.15, 0.2) is 30.3 Å². The van der Waals surface area contributed by atoms with Crippen molar-refractivity contribution < 1.29 is 4.79 Å². The third-order valence-electron chi connectivity index (χ3n) is 4.61. The van der Waals surface area contributed by atoms with E-state index in [9.17, 15) is 4.79 Å². The largest absolute Gasteiger partial charge is 0.353 e. The van der Waals surface area contributed by atoms with E-state index < -0.39 is 0 Å². The Bertz CT molecular complexity index is 448. The van der Waals surface area contributed by atoms with Crippen molar-refractivity contribution in [2.45, 2.75) is 31.8 Å². The number of likely N-dealkylation sites (tertiary alicyclic amines) is 1. The number of piperidine rings is 1. The standard InChI is InChI=1S/C17H25N3O/c21-17(15-6-9-18-12-15)19-16-7-10-20(11-8-16)13-14-4-2-1-3-5-14/h1-5,15-16,18H,6-13H2,(H,19,21). The Morgan fingerprint density at radius 3 is 2.62 bits per heavy atom. The van der Waals surface area contributed by atoms with E-state index >= 15 is 0 Å². The molecule has 4 nitrogen and oxygen atoms in total. The van der Waals surface area contributed by atoms with Gasteiger partial charge in [0.15, 0.2) is 0 Å². The molecule has 0 spiro atoms. The number of amides is 1. The predicted octanol–water partition coefficient (Wildman–Crippen LogP) is 1.38. The summed E-state index contributed by atoms with van der Waals surface area (Å²) in [5.74, 6) is 0.439. The van der Waals surface area contributed by atoms with Gasteiger partial charge in [-0.25, -0.2) is 0 Å². The summed E-state index contributed by atoms with van der Waals surface area (Å²) in [6, 6.07) is 11.0. The van der Waals surface area contributed by atoms with E-state index in [0.29, 0.717) is 6.04 Å². The number of nitrogens with zero attached hydrogens (tertiary/aromatic N) is 1. The summed E-state index contributed by atoms with van der Waals surface area (Å²) in [4.78, 5) is 14.6. The SMILES string of the molecule is O=C(NC1CCN(Cc2ccccc2)CC1)C1CCNC1. The zero-order valence-corrected chi connectivity index (χ0v) is 12.6. The second-order valence-corrected chi connectivity index (χ2v) is 6.23. The van der Waals surface area contributed by atoms with E-state index in [4.69, 9.17) is 0 Å². The molecular formula is C17H25N3O. The van der Waals surface area contributed by atoms with Crippen LogP contribution >= 0.6 is 0 Å². The number of nitrogens with one attached hydrogen (secondary N) is 2. The van der Waals surface area contributed by atoms with Crippen LogP contribution in [0.4, 0.5) is 0 Å². The van der Waals surface area contributed by atoms with E-state index in [1.165, 1.54) is 5.56 Å². The first-order chi connectivity index (χ1) is 10.3. The molecule has 1 amide bonds. The maximum Gasteiger partial charge on any atom is 0.224 e. The van der Waals surface area contributed by atoms with E-state index in [-0.39, 0.29) is 11.8 Å². The maximum absolute atomic E-state index is 12.1. The Morgan fingerprint density at radius 2 is 1.95 bits per heavy atom. The lowest BCUT2D eigenvalue weighted by Crippen LogP contribution is -2.46. The molecule has 0 aromatic heterocycles. The van der Waals surface area contributed by atoms with Crippen molar-refractivity contribution in [2.75, 3.05) is 26.2 Å². The molecule has 21 heavy (non-hydrogen) atoms. The van der Waals surface area contributed by atoms with Crippen LogP contribution < -0.4 is 10.6 Å². The normalized spacial score (nSPS) is 24.1. The molecule has 1 aromatic carbocycles. The van der Waals surface area contributed by atoms with Crippen LogP contribution in [0.5, 0.6) is 0 Å². The van der Waals surface area contributed by atoms with Crippen LogP contribution in [0.2, 0.25) is 0 Å². The minimum atomic E-state index is 0.187. The van der Waals surface area contributed by atoms with Crippen molar-refractivity contribution in [1.82, 2.24) is 15.5 Å². The molecule has 0 aliphatic carbocycles. The predicted molar refractivity (Wildman–Crippen MR) is 83.9 cm³/mol. The fourth-order valence-electron chi connectivity index (χ4n) is 3.27. The topological polar surface area (TPSA) is 44.4 Å². The van der Waals surface area contributed by atoms with Gasteiger partial charge >= 0.3 is 0 Å². The molecule has 1 aromatic rings. The van der Waals surface area contributed by atoms with Crippen molar-refractivity contribution in [3.63, 3.8) is 0 Å². The second kappa shape index (κ2) is 7.05. The van der Waals surface area contributed by atoms with Crippen molar-refractivity contribution in [2.24, 2.45) is 5.92 Å². The van der Waals surface area contributed by atoms with Crippen LogP contribution in [0, 0.1) is 5.92 Å². The number of benzene rings is 1. The molecule has 4 heteroatoms. The third kappa shape index (κ3) is 4.05. The quantitative estimate of drug-likeness (QED) is 0.879. The smallest absolute Gasteiger partial charge is 0.224 e. The number of carbonyl (C=O) groups is 1. The fourth-order valence-corrected chi connectivity index (χ4v) is 3.27. The molecule has 2 aliphatic rings. The molecule has 3 rings (SSSR count). The van der Waals surface area contributed by atoms with E-state index in [0.717, 1.165) is 52.0 Å². The van der Waals surface area contributed by atoms with Gasteiger partial charge in [-0.2, -0.15) is 0 Å². The average molecular weight is 287 g/mol. The highest BCUT2D eigenvalue weighted by Gasteiger charge is 2.26. The molecular weight excluding hydrogens is 262 g/mol. The van der Waals surface area contributed by atoms with E-state index in [1.54, 1.807) is 0 Å². The molecule has 0 radical (unpaired) electrons. The lowest BCUT2D eigenvalue weighted by molar-refractivity contribution is -0.125. The van der Waals surface area contributed by atoms with Crippen molar-refractivity contribution >= 4 is 5.91 Å². The molecule has 2 heterocycles. The summed E-state index contributed by atoms with van der Waals surface area (Å²) >= 11 is 0. The summed E-state index contributed by atoms with van der Waals surface area (Å²) in [7, 11) is 0. The average Bonchev–Trinajstić information content (AvgIpc) is 3.05. The summed E-state index contributed by atoms with van der Waals surface area (Å²) in [5, 5.41) is 6.50. The minimum absolute atomic E-state index is 0.187. The first-order valence-corrected chi connectivity index (χ1v) is 8.08. The zero-order valence-electron chi connectivity index (χ0n) is 12.6. The lowest BCUT2D eigenvalue weighted by Gasteiger charge is -2.32. The zero-order chi connectivity index (χ0) is 14.5. The number of rotatable bonds is 4. The van der Waals surface area contributed by atoms with Crippen LogP contribution in [-0.2, 0) is 11.3 Å². The monoisotopic (exact) mass is 287 g/mol. The molecule has 1 unspecified atom stereocenters. The van der Waals surface area contributed by atoms with Gasteiger partial charge in [0.25, 0.3) is 0 Å². The lowest BCUT2D eigenvalue weighted by atomic mass is 10.0. The van der Waals surface area contributed by atoms with Crippen LogP contribution in [0.25, 0.3) is 0 Å². The number of carbonyl (C=O) groups excluding carboxylic acids is 1. The van der Waals surface area contributed by atoms with Crippen LogP contribution in [0.3, 0.4) is 0 Å². The van der Waals surface area contributed by atoms with Gasteiger partial charge in [-0.15, -0.1) is 0 Å².